The molecule has 2 aromatic rings. The van der Waals surface area contributed by atoms with Crippen molar-refractivity contribution in [1.82, 2.24) is 0 Å². The van der Waals surface area contributed by atoms with Crippen molar-refractivity contribution < 1.29 is 9.53 Å². The molecule has 21 heavy (non-hydrogen) atoms. The molecule has 0 fully saturated rings. The Morgan fingerprint density at radius 3 is 2.43 bits per heavy atom. The van der Waals surface area contributed by atoms with Gasteiger partial charge in [0.05, 0.1) is 7.11 Å². The van der Waals surface area contributed by atoms with Gasteiger partial charge in [-0.2, -0.15) is 0 Å². The molecule has 3 nitrogen and oxygen atoms in total. The second-order valence-corrected chi connectivity index (χ2v) is 6.10. The number of carbonyl (C=O) groups is 1. The predicted molar refractivity (Wildman–Crippen MR) is 89.0 cm³/mol. The van der Waals surface area contributed by atoms with E-state index in [1.165, 1.54) is 7.11 Å². The summed E-state index contributed by atoms with van der Waals surface area (Å²) in [7, 11) is 1.34. The van der Waals surface area contributed by atoms with Crippen molar-refractivity contribution in [3.05, 3.63) is 62.5 Å². The summed E-state index contributed by atoms with van der Waals surface area (Å²) in [4.78, 5) is 12.0. The van der Waals surface area contributed by atoms with Crippen LogP contribution in [0, 0.1) is 0 Å². The molecule has 6 heteroatoms. The molecule has 2 aromatic carbocycles. The summed E-state index contributed by atoms with van der Waals surface area (Å²) in [6, 6.07) is 11.8. The number of hydrogen-bond acceptors (Lipinski definition) is 3. The number of carbonyl (C=O) groups excluding carboxylic acids is 1. The Kier molecular flexibility index (Phi) is 5.51. The van der Waals surface area contributed by atoms with E-state index in [-0.39, 0.29) is 0 Å². The normalized spacial score (nSPS) is 11.8. The van der Waals surface area contributed by atoms with Crippen molar-refractivity contribution in [3.63, 3.8) is 0 Å². The van der Waals surface area contributed by atoms with Crippen LogP contribution < -0.4 is 5.32 Å². The average molecular weight is 389 g/mol. The zero-order chi connectivity index (χ0) is 15.4. The molecule has 0 saturated carbocycles. The molecule has 0 aliphatic rings. The third kappa shape index (κ3) is 4.37. The Bertz CT molecular complexity index is 644. The minimum Gasteiger partial charge on any atom is -0.467 e. The van der Waals surface area contributed by atoms with Gasteiger partial charge in [-0.25, -0.2) is 4.79 Å². The van der Waals surface area contributed by atoms with Crippen LogP contribution >= 0.6 is 39.1 Å². The third-order valence-corrected chi connectivity index (χ3v) is 3.72. The Hall–Kier alpha value is -1.23. The molecule has 0 aliphatic carbocycles. The maximum atomic E-state index is 12.0. The zero-order valence-corrected chi connectivity index (χ0v) is 14.2. The molecular formula is C15H12BrCl2NO2. The number of halogens is 3. The predicted octanol–water partition coefficient (Wildman–Crippen LogP) is 5.08. The average Bonchev–Trinajstić information content (AvgIpc) is 2.43. The molecule has 0 bridgehead atoms. The fourth-order valence-electron chi connectivity index (χ4n) is 1.88. The lowest BCUT2D eigenvalue weighted by atomic mass is 10.1. The van der Waals surface area contributed by atoms with Crippen LogP contribution in [0.4, 0.5) is 5.69 Å². The van der Waals surface area contributed by atoms with Gasteiger partial charge in [-0.05, 0) is 42.0 Å². The maximum absolute atomic E-state index is 12.0. The second-order valence-electron chi connectivity index (χ2n) is 4.31. The molecule has 1 N–H and O–H groups in total. The highest BCUT2D eigenvalue weighted by molar-refractivity contribution is 9.10. The van der Waals surface area contributed by atoms with Gasteiger partial charge in [-0.3, -0.25) is 0 Å². The molecule has 1 atom stereocenters. The largest absolute Gasteiger partial charge is 0.467 e. The molecule has 1 unspecified atom stereocenters. The van der Waals surface area contributed by atoms with Crippen molar-refractivity contribution in [2.24, 2.45) is 0 Å². The van der Waals surface area contributed by atoms with Gasteiger partial charge in [-0.15, -0.1) is 0 Å². The van der Waals surface area contributed by atoms with E-state index in [2.05, 4.69) is 21.2 Å². The second kappa shape index (κ2) is 7.16. The number of rotatable bonds is 4. The smallest absolute Gasteiger partial charge is 0.332 e. The van der Waals surface area contributed by atoms with Gasteiger partial charge in [0, 0.05) is 20.2 Å². The van der Waals surface area contributed by atoms with Crippen molar-refractivity contribution in [2.45, 2.75) is 6.04 Å². The van der Waals surface area contributed by atoms with Gasteiger partial charge in [0.1, 0.15) is 0 Å². The van der Waals surface area contributed by atoms with Crippen LogP contribution in [0.5, 0.6) is 0 Å². The third-order valence-electron chi connectivity index (χ3n) is 2.79. The Balaban J connectivity index is 2.36. The molecule has 0 heterocycles. The highest BCUT2D eigenvalue weighted by Crippen LogP contribution is 2.28. The first-order valence-corrected chi connectivity index (χ1v) is 7.60. The number of methoxy groups -OCH3 is 1. The number of nitrogens with one attached hydrogen (secondary N) is 1. The fraction of sp³-hybridized carbons (Fsp3) is 0.133. The summed E-state index contributed by atoms with van der Waals surface area (Å²) in [6.45, 7) is 0. The Labute approximate surface area is 141 Å². The van der Waals surface area contributed by atoms with E-state index in [1.54, 1.807) is 18.2 Å². The highest BCUT2D eigenvalue weighted by atomic mass is 79.9. The number of esters is 1. The van der Waals surface area contributed by atoms with Crippen molar-refractivity contribution in [1.29, 1.82) is 0 Å². The van der Waals surface area contributed by atoms with E-state index in [0.29, 0.717) is 15.6 Å². The molecule has 0 radical (unpaired) electrons. The van der Waals surface area contributed by atoms with Gasteiger partial charge in [0.15, 0.2) is 6.04 Å². The molecule has 0 aliphatic heterocycles. The van der Waals surface area contributed by atoms with Gasteiger partial charge < -0.3 is 10.1 Å². The van der Waals surface area contributed by atoms with Gasteiger partial charge in [0.25, 0.3) is 0 Å². The van der Waals surface area contributed by atoms with Crippen LogP contribution in [-0.2, 0) is 9.53 Å². The lowest BCUT2D eigenvalue weighted by Gasteiger charge is -2.18. The van der Waals surface area contributed by atoms with Crippen molar-refractivity contribution in [3.8, 4) is 0 Å². The first-order valence-electron chi connectivity index (χ1n) is 6.05. The minimum atomic E-state index is -0.694. The van der Waals surface area contributed by atoms with E-state index in [0.717, 1.165) is 10.2 Å². The number of hydrogen-bond donors (Lipinski definition) is 1. The van der Waals surface area contributed by atoms with Gasteiger partial charge in [-0.1, -0.05) is 45.2 Å². The lowest BCUT2D eigenvalue weighted by Crippen LogP contribution is -2.22. The van der Waals surface area contributed by atoms with Gasteiger partial charge >= 0.3 is 5.97 Å². The number of anilines is 1. The summed E-state index contributed by atoms with van der Waals surface area (Å²) in [5.41, 5.74) is 1.41. The van der Waals surface area contributed by atoms with E-state index < -0.39 is 12.0 Å². The first-order chi connectivity index (χ1) is 9.99. The molecule has 0 spiro atoms. The van der Waals surface area contributed by atoms with Crippen molar-refractivity contribution >= 4 is 50.8 Å². The van der Waals surface area contributed by atoms with Crippen molar-refractivity contribution in [2.75, 3.05) is 12.4 Å². The molecule has 0 saturated heterocycles. The maximum Gasteiger partial charge on any atom is 0.332 e. The molecule has 0 amide bonds. The summed E-state index contributed by atoms with van der Waals surface area (Å²) >= 11 is 15.4. The quantitative estimate of drug-likeness (QED) is 0.742. The van der Waals surface area contributed by atoms with Crippen LogP contribution in [0.15, 0.2) is 46.9 Å². The topological polar surface area (TPSA) is 38.3 Å². The summed E-state index contributed by atoms with van der Waals surface area (Å²) in [5.74, 6) is -0.423. The Morgan fingerprint density at radius 2 is 1.86 bits per heavy atom. The van der Waals surface area contributed by atoms with E-state index >= 15 is 0 Å². The standard InChI is InChI=1S/C15H12BrCl2NO2/c1-21-15(20)14(9-5-11(17)8-12(18)6-9)19-13-4-2-3-10(16)7-13/h2-8,14,19H,1H3. The highest BCUT2D eigenvalue weighted by Gasteiger charge is 2.22. The van der Waals surface area contributed by atoms with E-state index in [4.69, 9.17) is 27.9 Å². The monoisotopic (exact) mass is 387 g/mol. The first kappa shape index (κ1) is 16.1. The van der Waals surface area contributed by atoms with Crippen LogP contribution in [0.25, 0.3) is 0 Å². The molecule has 2 rings (SSSR count). The molecular weight excluding hydrogens is 377 g/mol. The van der Waals surface area contributed by atoms with Gasteiger partial charge in [0.2, 0.25) is 0 Å². The van der Waals surface area contributed by atoms with E-state index in [9.17, 15) is 4.79 Å². The number of benzene rings is 2. The lowest BCUT2D eigenvalue weighted by molar-refractivity contribution is -0.141. The summed E-state index contributed by atoms with van der Waals surface area (Å²) in [5, 5.41) is 4.04. The zero-order valence-electron chi connectivity index (χ0n) is 11.1. The Morgan fingerprint density at radius 1 is 1.19 bits per heavy atom. The summed E-state index contributed by atoms with van der Waals surface area (Å²) in [6.07, 6.45) is 0. The van der Waals surface area contributed by atoms with Crippen LogP contribution in [-0.4, -0.2) is 13.1 Å². The SMILES string of the molecule is COC(=O)C(Nc1cccc(Br)c1)c1cc(Cl)cc(Cl)c1. The van der Waals surface area contributed by atoms with Crippen LogP contribution in [0.2, 0.25) is 10.0 Å². The molecule has 0 aromatic heterocycles. The number of ether oxygens (including phenoxy) is 1. The summed E-state index contributed by atoms with van der Waals surface area (Å²) < 4.78 is 5.75. The molecule has 110 valence electrons. The van der Waals surface area contributed by atoms with Crippen LogP contribution in [0.1, 0.15) is 11.6 Å². The van der Waals surface area contributed by atoms with E-state index in [1.807, 2.05) is 24.3 Å². The fourth-order valence-corrected chi connectivity index (χ4v) is 2.83. The minimum absolute atomic E-state index is 0.423. The van der Waals surface area contributed by atoms with Crippen LogP contribution in [0.3, 0.4) is 0 Å².